The molecule has 1 aliphatic carbocycles. The first-order valence-corrected chi connectivity index (χ1v) is 7.19. The second-order valence-corrected chi connectivity index (χ2v) is 6.40. The molecule has 2 aliphatic heterocycles. The van der Waals surface area contributed by atoms with Gasteiger partial charge in [-0.25, -0.2) is 4.79 Å². The number of hydrogen-bond donors (Lipinski definition) is 1. The first kappa shape index (κ1) is 13.1. The summed E-state index contributed by atoms with van der Waals surface area (Å²) in [5.74, 6) is 0.236. The van der Waals surface area contributed by atoms with Crippen LogP contribution in [0, 0.1) is 11.8 Å². The van der Waals surface area contributed by atoms with Crippen molar-refractivity contribution in [1.82, 2.24) is 0 Å². The molecule has 3 fully saturated rings. The fourth-order valence-corrected chi connectivity index (χ4v) is 3.77. The second kappa shape index (κ2) is 4.32. The number of fused-ring (bicyclic) bond motifs is 2. The van der Waals surface area contributed by atoms with E-state index in [0.717, 1.165) is 25.7 Å². The molecule has 3 rings (SSSR count). The molecule has 6 atom stereocenters. The van der Waals surface area contributed by atoms with Crippen molar-refractivity contribution < 1.29 is 19.4 Å². The molecule has 0 aromatic heterocycles. The van der Waals surface area contributed by atoms with E-state index in [1.807, 2.05) is 6.92 Å². The van der Waals surface area contributed by atoms with Gasteiger partial charge < -0.3 is 14.6 Å². The fourth-order valence-electron chi connectivity index (χ4n) is 3.77. The third-order valence-corrected chi connectivity index (χ3v) is 5.11. The molecular formula is C15H22O4. The summed E-state index contributed by atoms with van der Waals surface area (Å²) in [6, 6.07) is 0. The summed E-state index contributed by atoms with van der Waals surface area (Å²) >= 11 is 0. The minimum atomic E-state index is -0.290. The topological polar surface area (TPSA) is 59.1 Å². The molecule has 0 radical (unpaired) electrons. The Morgan fingerprint density at radius 3 is 2.95 bits per heavy atom. The van der Waals surface area contributed by atoms with E-state index in [-0.39, 0.29) is 35.8 Å². The summed E-state index contributed by atoms with van der Waals surface area (Å²) in [7, 11) is 0. The van der Waals surface area contributed by atoms with E-state index < -0.39 is 0 Å². The van der Waals surface area contributed by atoms with E-state index >= 15 is 0 Å². The zero-order chi connectivity index (χ0) is 13.8. The van der Waals surface area contributed by atoms with Crippen LogP contribution in [0.5, 0.6) is 0 Å². The molecule has 2 heterocycles. The zero-order valence-corrected chi connectivity index (χ0v) is 11.6. The Morgan fingerprint density at radius 1 is 1.53 bits per heavy atom. The van der Waals surface area contributed by atoms with Gasteiger partial charge in [-0.15, -0.1) is 0 Å². The van der Waals surface area contributed by atoms with E-state index in [4.69, 9.17) is 9.47 Å². The van der Waals surface area contributed by atoms with Gasteiger partial charge in [-0.3, -0.25) is 0 Å². The first-order valence-electron chi connectivity index (χ1n) is 7.19. The summed E-state index contributed by atoms with van der Waals surface area (Å²) in [6.07, 6.45) is 3.21. The molecule has 0 spiro atoms. The van der Waals surface area contributed by atoms with Crippen molar-refractivity contribution >= 4 is 5.97 Å². The van der Waals surface area contributed by atoms with Gasteiger partial charge in [0.05, 0.1) is 17.8 Å². The molecule has 0 amide bonds. The van der Waals surface area contributed by atoms with Crippen LogP contribution in [0.25, 0.3) is 0 Å². The molecule has 0 aromatic rings. The molecule has 1 saturated carbocycles. The lowest BCUT2D eigenvalue weighted by Gasteiger charge is -2.23. The van der Waals surface area contributed by atoms with Crippen LogP contribution in [0.15, 0.2) is 12.2 Å². The number of carbonyl (C=O) groups excluding carboxylic acids is 1. The average molecular weight is 266 g/mol. The summed E-state index contributed by atoms with van der Waals surface area (Å²) < 4.78 is 11.4. The number of esters is 1. The monoisotopic (exact) mass is 266 g/mol. The van der Waals surface area contributed by atoms with Crippen molar-refractivity contribution in [2.45, 2.75) is 63.4 Å². The minimum absolute atomic E-state index is 0.0187. The molecule has 106 valence electrons. The van der Waals surface area contributed by atoms with Crippen molar-refractivity contribution in [3.63, 3.8) is 0 Å². The smallest absolute Gasteiger partial charge is 0.334 e. The van der Waals surface area contributed by atoms with Crippen LogP contribution in [0.3, 0.4) is 0 Å². The molecule has 3 aliphatic rings. The highest BCUT2D eigenvalue weighted by Gasteiger charge is 2.63. The standard InChI is InChI=1S/C15H22O4/c1-8-6-12-11(10(3)14(17)18-12)7-13-15(8,19-13)5-4-9(2)16/h8-9,11-13,16H,3-7H2,1-2H3. The summed E-state index contributed by atoms with van der Waals surface area (Å²) in [5, 5.41) is 9.47. The van der Waals surface area contributed by atoms with E-state index in [0.29, 0.717) is 11.5 Å². The first-order chi connectivity index (χ1) is 8.94. The van der Waals surface area contributed by atoms with Crippen LogP contribution in [-0.4, -0.2) is 35.0 Å². The van der Waals surface area contributed by atoms with Crippen LogP contribution in [0.2, 0.25) is 0 Å². The number of aliphatic hydroxyl groups is 1. The second-order valence-electron chi connectivity index (χ2n) is 6.40. The molecule has 1 N–H and O–H groups in total. The predicted molar refractivity (Wildman–Crippen MR) is 69.4 cm³/mol. The average Bonchev–Trinajstić information content (AvgIpc) is 3.00. The number of epoxide rings is 1. The quantitative estimate of drug-likeness (QED) is 0.481. The van der Waals surface area contributed by atoms with Gasteiger partial charge in [-0.2, -0.15) is 0 Å². The highest BCUT2D eigenvalue weighted by atomic mass is 16.6. The number of carbonyl (C=O) groups is 1. The van der Waals surface area contributed by atoms with Crippen molar-refractivity contribution in [2.24, 2.45) is 11.8 Å². The van der Waals surface area contributed by atoms with Crippen LogP contribution in [-0.2, 0) is 14.3 Å². The minimum Gasteiger partial charge on any atom is -0.458 e. The largest absolute Gasteiger partial charge is 0.458 e. The Labute approximate surface area is 113 Å². The predicted octanol–water partition coefficient (Wildman–Crippen LogP) is 1.81. The van der Waals surface area contributed by atoms with E-state index in [9.17, 15) is 9.90 Å². The van der Waals surface area contributed by atoms with Gasteiger partial charge in [0.2, 0.25) is 0 Å². The van der Waals surface area contributed by atoms with Gasteiger partial charge >= 0.3 is 5.97 Å². The lowest BCUT2D eigenvalue weighted by atomic mass is 9.84. The number of ether oxygens (including phenoxy) is 2. The molecule has 0 aromatic carbocycles. The third kappa shape index (κ3) is 2.01. The van der Waals surface area contributed by atoms with Crippen LogP contribution < -0.4 is 0 Å². The van der Waals surface area contributed by atoms with Crippen molar-refractivity contribution in [2.75, 3.05) is 0 Å². The summed E-state index contributed by atoms with van der Waals surface area (Å²) in [5.41, 5.74) is 0.507. The SMILES string of the molecule is C=C1C(=O)OC2CC(C)C3(CCC(C)O)OC3CC12. The Kier molecular flexibility index (Phi) is 2.98. The maximum absolute atomic E-state index is 11.6. The number of aliphatic hydroxyl groups excluding tert-OH is 1. The normalized spacial score (nSPS) is 46.1. The highest BCUT2D eigenvalue weighted by molar-refractivity contribution is 5.90. The Balaban J connectivity index is 1.74. The van der Waals surface area contributed by atoms with Gasteiger partial charge in [0.1, 0.15) is 6.10 Å². The molecule has 2 saturated heterocycles. The van der Waals surface area contributed by atoms with Crippen LogP contribution in [0.1, 0.15) is 39.5 Å². The van der Waals surface area contributed by atoms with E-state index in [2.05, 4.69) is 13.5 Å². The van der Waals surface area contributed by atoms with E-state index in [1.54, 1.807) is 0 Å². The fraction of sp³-hybridized carbons (Fsp3) is 0.800. The summed E-state index contributed by atoms with van der Waals surface area (Å²) in [6.45, 7) is 7.85. The van der Waals surface area contributed by atoms with Crippen LogP contribution in [0.4, 0.5) is 0 Å². The van der Waals surface area contributed by atoms with Gasteiger partial charge in [0, 0.05) is 11.5 Å². The number of rotatable bonds is 3. The van der Waals surface area contributed by atoms with Gasteiger partial charge in [0.25, 0.3) is 0 Å². The van der Waals surface area contributed by atoms with Crippen LogP contribution >= 0.6 is 0 Å². The summed E-state index contributed by atoms with van der Waals surface area (Å²) in [4.78, 5) is 11.6. The van der Waals surface area contributed by atoms with Crippen molar-refractivity contribution in [1.29, 1.82) is 0 Å². The third-order valence-electron chi connectivity index (χ3n) is 5.11. The Hall–Kier alpha value is -0.870. The Morgan fingerprint density at radius 2 is 2.26 bits per heavy atom. The van der Waals surface area contributed by atoms with Crippen molar-refractivity contribution in [3.8, 4) is 0 Å². The molecule has 0 bridgehead atoms. The molecule has 4 heteroatoms. The van der Waals surface area contributed by atoms with Gasteiger partial charge in [-0.05, 0) is 38.5 Å². The number of hydrogen-bond acceptors (Lipinski definition) is 4. The van der Waals surface area contributed by atoms with E-state index in [1.165, 1.54) is 0 Å². The zero-order valence-electron chi connectivity index (χ0n) is 11.6. The highest BCUT2D eigenvalue weighted by Crippen LogP contribution is 2.56. The van der Waals surface area contributed by atoms with Gasteiger partial charge in [0.15, 0.2) is 0 Å². The lowest BCUT2D eigenvalue weighted by Crippen LogP contribution is -2.27. The Bertz CT molecular complexity index is 416. The molecular weight excluding hydrogens is 244 g/mol. The molecule has 4 nitrogen and oxygen atoms in total. The maximum Gasteiger partial charge on any atom is 0.334 e. The maximum atomic E-state index is 11.6. The van der Waals surface area contributed by atoms with Crippen molar-refractivity contribution in [3.05, 3.63) is 12.2 Å². The molecule has 19 heavy (non-hydrogen) atoms. The molecule has 6 unspecified atom stereocenters. The lowest BCUT2D eigenvalue weighted by molar-refractivity contribution is -0.140. The van der Waals surface area contributed by atoms with Gasteiger partial charge in [-0.1, -0.05) is 13.5 Å².